The minimum absolute atomic E-state index is 0. The van der Waals surface area contributed by atoms with Crippen LogP contribution in [0.25, 0.3) is 10.9 Å². The standard InChI is InChI=1S/C20H28N4O4.ClH/c1-21(14-18(26)23-10-6-3-7-11-23)12-15(25)13-24-19(27)16-8-4-5-9-17(16)22(2)20(24)28;/h4-5,8-9,15,25H,3,6-7,10-14H2,1-2H3;1H. The van der Waals surface area contributed by atoms with Crippen LogP contribution in [-0.2, 0) is 18.4 Å². The number of piperidine rings is 1. The maximum absolute atomic E-state index is 12.7. The summed E-state index contributed by atoms with van der Waals surface area (Å²) in [6.07, 6.45) is 2.29. The van der Waals surface area contributed by atoms with E-state index in [1.54, 1.807) is 43.3 Å². The molecular weight excluding hydrogens is 396 g/mol. The van der Waals surface area contributed by atoms with Gasteiger partial charge in [0.05, 0.1) is 30.1 Å². The maximum atomic E-state index is 12.7. The van der Waals surface area contributed by atoms with E-state index in [0.29, 0.717) is 10.9 Å². The van der Waals surface area contributed by atoms with Crippen molar-refractivity contribution < 1.29 is 9.90 Å². The maximum Gasteiger partial charge on any atom is 0.331 e. The second-order valence-corrected chi connectivity index (χ2v) is 7.57. The zero-order valence-electron chi connectivity index (χ0n) is 16.9. The van der Waals surface area contributed by atoms with E-state index in [9.17, 15) is 19.5 Å². The number of amides is 1. The Morgan fingerprint density at radius 3 is 2.52 bits per heavy atom. The first-order chi connectivity index (χ1) is 13.4. The van der Waals surface area contributed by atoms with Crippen molar-refractivity contribution in [2.24, 2.45) is 7.05 Å². The van der Waals surface area contributed by atoms with Gasteiger partial charge in [0.15, 0.2) is 0 Å². The summed E-state index contributed by atoms with van der Waals surface area (Å²) in [7, 11) is 3.36. The third-order valence-corrected chi connectivity index (χ3v) is 5.29. The molecule has 0 saturated carbocycles. The van der Waals surface area contributed by atoms with Crippen LogP contribution in [0.4, 0.5) is 0 Å². The first-order valence-corrected chi connectivity index (χ1v) is 9.71. The van der Waals surface area contributed by atoms with E-state index >= 15 is 0 Å². The Morgan fingerprint density at radius 1 is 1.17 bits per heavy atom. The molecule has 1 aromatic carbocycles. The Morgan fingerprint density at radius 2 is 1.83 bits per heavy atom. The lowest BCUT2D eigenvalue weighted by Crippen LogP contribution is -2.46. The van der Waals surface area contributed by atoms with Crippen LogP contribution in [0.3, 0.4) is 0 Å². The second-order valence-electron chi connectivity index (χ2n) is 7.57. The van der Waals surface area contributed by atoms with Gasteiger partial charge in [-0.3, -0.25) is 23.6 Å². The number of rotatable bonds is 6. The van der Waals surface area contributed by atoms with Crippen molar-refractivity contribution in [1.82, 2.24) is 18.9 Å². The summed E-state index contributed by atoms with van der Waals surface area (Å²) in [5.74, 6) is 0.0492. The number of hydrogen-bond acceptors (Lipinski definition) is 5. The van der Waals surface area contributed by atoms with E-state index < -0.39 is 17.4 Å². The minimum Gasteiger partial charge on any atom is -0.390 e. The number of aromatic nitrogens is 2. The molecule has 8 nitrogen and oxygen atoms in total. The number of aryl methyl sites for hydroxylation is 1. The van der Waals surface area contributed by atoms with E-state index in [1.807, 2.05) is 4.90 Å². The average molecular weight is 425 g/mol. The molecule has 0 aliphatic carbocycles. The van der Waals surface area contributed by atoms with Gasteiger partial charge in [-0.25, -0.2) is 4.79 Å². The Hall–Kier alpha value is -2.16. The predicted octanol–water partition coefficient (Wildman–Crippen LogP) is 0.427. The number of carbonyl (C=O) groups is 1. The van der Waals surface area contributed by atoms with Crippen LogP contribution >= 0.6 is 12.4 Å². The zero-order chi connectivity index (χ0) is 20.3. The van der Waals surface area contributed by atoms with Crippen molar-refractivity contribution in [3.8, 4) is 0 Å². The van der Waals surface area contributed by atoms with E-state index in [2.05, 4.69) is 0 Å². The number of carbonyl (C=O) groups excluding carboxylic acids is 1. The number of benzene rings is 1. The van der Waals surface area contributed by atoms with E-state index in [0.717, 1.165) is 36.9 Å². The number of fused-ring (bicyclic) bond motifs is 1. The first-order valence-electron chi connectivity index (χ1n) is 9.71. The van der Waals surface area contributed by atoms with Crippen LogP contribution in [-0.4, -0.2) is 69.3 Å². The van der Waals surface area contributed by atoms with Crippen molar-refractivity contribution in [2.45, 2.75) is 31.9 Å². The molecule has 1 aliphatic heterocycles. The van der Waals surface area contributed by atoms with Gasteiger partial charge in [-0.1, -0.05) is 12.1 Å². The molecule has 1 fully saturated rings. The molecule has 1 unspecified atom stereocenters. The highest BCUT2D eigenvalue weighted by Crippen LogP contribution is 2.09. The minimum atomic E-state index is -0.939. The highest BCUT2D eigenvalue weighted by atomic mass is 35.5. The highest BCUT2D eigenvalue weighted by molar-refractivity contribution is 5.85. The van der Waals surface area contributed by atoms with Crippen molar-refractivity contribution in [2.75, 3.05) is 33.2 Å². The van der Waals surface area contributed by atoms with Crippen LogP contribution < -0.4 is 11.2 Å². The Bertz CT molecular complexity index is 965. The van der Waals surface area contributed by atoms with Gasteiger partial charge in [-0.2, -0.15) is 0 Å². The van der Waals surface area contributed by atoms with Crippen LogP contribution in [0, 0.1) is 0 Å². The number of likely N-dealkylation sites (tertiary alicyclic amines) is 1. The average Bonchev–Trinajstić information content (AvgIpc) is 2.70. The number of likely N-dealkylation sites (N-methyl/N-ethyl adjacent to an activating group) is 1. The van der Waals surface area contributed by atoms with Gasteiger partial charge >= 0.3 is 5.69 Å². The largest absolute Gasteiger partial charge is 0.390 e. The molecule has 1 aromatic heterocycles. The van der Waals surface area contributed by atoms with E-state index in [1.165, 1.54) is 4.57 Å². The van der Waals surface area contributed by atoms with Crippen LogP contribution in [0.2, 0.25) is 0 Å². The molecule has 1 N–H and O–H groups in total. The molecule has 1 amide bonds. The van der Waals surface area contributed by atoms with Gasteiger partial charge in [0.1, 0.15) is 0 Å². The number of para-hydroxylation sites is 1. The molecule has 9 heteroatoms. The molecule has 1 atom stereocenters. The lowest BCUT2D eigenvalue weighted by Gasteiger charge is -2.29. The predicted molar refractivity (Wildman–Crippen MR) is 115 cm³/mol. The monoisotopic (exact) mass is 424 g/mol. The van der Waals surface area contributed by atoms with E-state index in [-0.39, 0.29) is 37.9 Å². The smallest absolute Gasteiger partial charge is 0.331 e. The fourth-order valence-corrected chi connectivity index (χ4v) is 3.79. The molecule has 29 heavy (non-hydrogen) atoms. The normalized spacial score (nSPS) is 15.4. The molecule has 2 heterocycles. The SMILES string of the molecule is CN(CC(=O)N1CCCCC1)CC(O)Cn1c(=O)c2ccccc2n(C)c1=O.Cl. The zero-order valence-corrected chi connectivity index (χ0v) is 17.7. The molecule has 3 rings (SSSR count). The van der Waals surface area contributed by atoms with Crippen molar-refractivity contribution in [3.63, 3.8) is 0 Å². The summed E-state index contributed by atoms with van der Waals surface area (Å²) < 4.78 is 2.47. The topological polar surface area (TPSA) is 87.8 Å². The summed E-state index contributed by atoms with van der Waals surface area (Å²) in [4.78, 5) is 41.2. The van der Waals surface area contributed by atoms with Gasteiger partial charge in [0, 0.05) is 26.7 Å². The third kappa shape index (κ3) is 5.26. The number of nitrogens with zero attached hydrogens (tertiary/aromatic N) is 4. The number of aliphatic hydroxyl groups is 1. The molecule has 0 radical (unpaired) electrons. The Balaban J connectivity index is 0.00000300. The number of halogens is 1. The Kier molecular flexibility index (Phi) is 8.01. The molecule has 0 bridgehead atoms. The lowest BCUT2D eigenvalue weighted by atomic mass is 10.1. The number of hydrogen-bond donors (Lipinski definition) is 1. The summed E-state index contributed by atoms with van der Waals surface area (Å²) in [6, 6.07) is 6.91. The van der Waals surface area contributed by atoms with Gasteiger partial charge in [-0.05, 0) is 38.4 Å². The van der Waals surface area contributed by atoms with Gasteiger partial charge in [-0.15, -0.1) is 12.4 Å². The molecule has 2 aromatic rings. The van der Waals surface area contributed by atoms with Gasteiger partial charge in [0.2, 0.25) is 5.91 Å². The van der Waals surface area contributed by atoms with E-state index in [4.69, 9.17) is 0 Å². The van der Waals surface area contributed by atoms with Gasteiger partial charge in [0.25, 0.3) is 5.56 Å². The summed E-state index contributed by atoms with van der Waals surface area (Å²) >= 11 is 0. The van der Waals surface area contributed by atoms with Crippen molar-refractivity contribution >= 4 is 29.2 Å². The third-order valence-electron chi connectivity index (χ3n) is 5.29. The van der Waals surface area contributed by atoms with Crippen molar-refractivity contribution in [3.05, 3.63) is 45.1 Å². The molecule has 160 valence electrons. The molecule has 0 spiro atoms. The van der Waals surface area contributed by atoms with Gasteiger partial charge < -0.3 is 10.0 Å². The second kappa shape index (κ2) is 10.0. The van der Waals surface area contributed by atoms with Crippen molar-refractivity contribution in [1.29, 1.82) is 0 Å². The fourth-order valence-electron chi connectivity index (χ4n) is 3.79. The van der Waals surface area contributed by atoms with Crippen LogP contribution in [0.1, 0.15) is 19.3 Å². The highest BCUT2D eigenvalue weighted by Gasteiger charge is 2.20. The summed E-state index contributed by atoms with van der Waals surface area (Å²) in [6.45, 7) is 1.87. The summed E-state index contributed by atoms with van der Waals surface area (Å²) in [5, 5.41) is 10.9. The lowest BCUT2D eigenvalue weighted by molar-refractivity contribution is -0.133. The molecule has 1 saturated heterocycles. The first kappa shape index (κ1) is 23.1. The quantitative estimate of drug-likeness (QED) is 0.726. The Labute approximate surface area is 175 Å². The molecule has 1 aliphatic rings. The summed E-state index contributed by atoms with van der Waals surface area (Å²) in [5.41, 5.74) is -0.313. The van der Waals surface area contributed by atoms with Crippen LogP contribution in [0.15, 0.2) is 33.9 Å². The fraction of sp³-hybridized carbons (Fsp3) is 0.550. The van der Waals surface area contributed by atoms with Crippen LogP contribution in [0.5, 0.6) is 0 Å². The molecular formula is C20H29ClN4O4. The number of aliphatic hydroxyl groups excluding tert-OH is 1.